The van der Waals surface area contributed by atoms with E-state index in [1.807, 2.05) is 36.4 Å². The number of nitrogens with two attached hydrogens (primary N) is 1. The lowest BCUT2D eigenvalue weighted by molar-refractivity contribution is 0.416. The maximum absolute atomic E-state index is 6.07. The van der Waals surface area contributed by atoms with Crippen molar-refractivity contribution in [3.63, 3.8) is 0 Å². The smallest absolute Gasteiger partial charge is 0.143 e. The Morgan fingerprint density at radius 3 is 2.87 bits per heavy atom. The van der Waals surface area contributed by atoms with Crippen molar-refractivity contribution in [2.75, 3.05) is 24.3 Å². The molecule has 0 unspecified atom stereocenters. The number of anilines is 2. The maximum atomic E-state index is 6.07. The third-order valence-corrected chi connectivity index (χ3v) is 4.53. The number of nitrogens with zero attached hydrogens (tertiary/aromatic N) is 3. The Hall–Kier alpha value is -2.40. The fraction of sp³-hybridized carbons (Fsp3) is 0.235. The molecule has 0 saturated heterocycles. The summed E-state index contributed by atoms with van der Waals surface area (Å²) < 4.78 is 7.58. The zero-order chi connectivity index (χ0) is 16.0. The number of hydrogen-bond donors (Lipinski definition) is 1. The molecule has 5 nitrogen and oxygen atoms in total. The lowest BCUT2D eigenvalue weighted by atomic mass is 10.2. The first-order chi connectivity index (χ1) is 11.2. The van der Waals surface area contributed by atoms with Crippen LogP contribution in [0.4, 0.5) is 11.4 Å². The number of imidazole rings is 1. The van der Waals surface area contributed by atoms with E-state index in [9.17, 15) is 0 Å². The van der Waals surface area contributed by atoms with Gasteiger partial charge >= 0.3 is 0 Å². The van der Waals surface area contributed by atoms with Crippen molar-refractivity contribution in [1.29, 1.82) is 0 Å². The summed E-state index contributed by atoms with van der Waals surface area (Å²) in [5, 5.41) is 0.716. The summed E-state index contributed by atoms with van der Waals surface area (Å²) in [6.45, 7) is 2.55. The molecule has 2 heterocycles. The summed E-state index contributed by atoms with van der Waals surface area (Å²) in [5.41, 5.74) is 9.72. The molecular formula is C17H17ClN4O. The van der Waals surface area contributed by atoms with Gasteiger partial charge in [-0.05, 0) is 30.3 Å². The van der Waals surface area contributed by atoms with Gasteiger partial charge in [0.05, 0.1) is 30.4 Å². The van der Waals surface area contributed by atoms with Gasteiger partial charge in [-0.2, -0.15) is 0 Å². The fourth-order valence-corrected chi connectivity index (χ4v) is 3.28. The van der Waals surface area contributed by atoms with Crippen LogP contribution in [0.1, 0.15) is 5.82 Å². The second-order valence-electron chi connectivity index (χ2n) is 5.66. The van der Waals surface area contributed by atoms with E-state index >= 15 is 0 Å². The van der Waals surface area contributed by atoms with Gasteiger partial charge in [0, 0.05) is 29.9 Å². The Morgan fingerprint density at radius 2 is 2.04 bits per heavy atom. The van der Waals surface area contributed by atoms with Crippen molar-refractivity contribution >= 4 is 34.0 Å². The highest BCUT2D eigenvalue weighted by atomic mass is 35.5. The van der Waals surface area contributed by atoms with Gasteiger partial charge in [-0.3, -0.25) is 0 Å². The highest BCUT2D eigenvalue weighted by molar-refractivity contribution is 6.31. The van der Waals surface area contributed by atoms with Gasteiger partial charge in [0.25, 0.3) is 0 Å². The highest BCUT2D eigenvalue weighted by Gasteiger charge is 2.21. The zero-order valence-corrected chi connectivity index (χ0v) is 13.5. The monoisotopic (exact) mass is 328 g/mol. The lowest BCUT2D eigenvalue weighted by Gasteiger charge is -2.30. The largest absolute Gasteiger partial charge is 0.495 e. The average Bonchev–Trinajstić information content (AvgIpc) is 2.91. The number of nitrogen functional groups attached to an aromatic ring is 1. The molecule has 0 aliphatic carbocycles. The number of benzene rings is 2. The van der Waals surface area contributed by atoms with Crippen LogP contribution in [-0.2, 0) is 13.1 Å². The van der Waals surface area contributed by atoms with Crippen molar-refractivity contribution in [3.05, 3.63) is 47.2 Å². The normalized spacial score (nSPS) is 14.1. The molecule has 1 aromatic heterocycles. The van der Waals surface area contributed by atoms with E-state index in [0.29, 0.717) is 16.5 Å². The third-order valence-electron chi connectivity index (χ3n) is 4.30. The summed E-state index contributed by atoms with van der Waals surface area (Å²) in [5.74, 6) is 1.75. The predicted octanol–water partition coefficient (Wildman–Crippen LogP) is 3.30. The second-order valence-corrected chi connectivity index (χ2v) is 6.10. The summed E-state index contributed by atoms with van der Waals surface area (Å²) in [6.07, 6.45) is 0. The minimum Gasteiger partial charge on any atom is -0.495 e. The molecule has 2 N–H and O–H groups in total. The SMILES string of the molecule is COc1cc(N2CCn3c(nc4cc(Cl)ccc43)C2)ccc1N. The number of hydrogen-bond acceptors (Lipinski definition) is 4. The van der Waals surface area contributed by atoms with Gasteiger partial charge in [-0.25, -0.2) is 4.98 Å². The van der Waals surface area contributed by atoms with Gasteiger partial charge in [0.2, 0.25) is 0 Å². The summed E-state index contributed by atoms with van der Waals surface area (Å²) >= 11 is 6.07. The van der Waals surface area contributed by atoms with Crippen molar-refractivity contribution < 1.29 is 4.74 Å². The molecule has 0 radical (unpaired) electrons. The topological polar surface area (TPSA) is 56.3 Å². The molecule has 0 saturated carbocycles. The van der Waals surface area contributed by atoms with Crippen LogP contribution in [0.5, 0.6) is 5.75 Å². The quantitative estimate of drug-likeness (QED) is 0.733. The summed E-state index contributed by atoms with van der Waals surface area (Å²) in [7, 11) is 1.63. The van der Waals surface area contributed by atoms with Gasteiger partial charge in [0.1, 0.15) is 11.6 Å². The van der Waals surface area contributed by atoms with Crippen molar-refractivity contribution in [3.8, 4) is 5.75 Å². The number of ether oxygens (including phenoxy) is 1. The van der Waals surface area contributed by atoms with Crippen LogP contribution in [0.25, 0.3) is 11.0 Å². The number of rotatable bonds is 2. The van der Waals surface area contributed by atoms with Crippen LogP contribution < -0.4 is 15.4 Å². The summed E-state index contributed by atoms with van der Waals surface area (Å²) in [4.78, 5) is 7.01. The van der Waals surface area contributed by atoms with Crippen molar-refractivity contribution in [2.24, 2.45) is 0 Å². The Bertz CT molecular complexity index is 890. The Kier molecular flexibility index (Phi) is 3.31. The zero-order valence-electron chi connectivity index (χ0n) is 12.8. The number of halogens is 1. The number of methoxy groups -OCH3 is 1. The fourth-order valence-electron chi connectivity index (χ4n) is 3.11. The second kappa shape index (κ2) is 5.35. The predicted molar refractivity (Wildman–Crippen MR) is 93.2 cm³/mol. The molecule has 118 valence electrons. The average molecular weight is 329 g/mol. The van der Waals surface area contributed by atoms with E-state index in [2.05, 4.69) is 9.47 Å². The first-order valence-electron chi connectivity index (χ1n) is 7.49. The lowest BCUT2D eigenvalue weighted by Crippen LogP contribution is -2.33. The van der Waals surface area contributed by atoms with E-state index in [4.69, 9.17) is 27.1 Å². The van der Waals surface area contributed by atoms with Crippen LogP contribution in [0.15, 0.2) is 36.4 Å². The molecular weight excluding hydrogens is 312 g/mol. The Morgan fingerprint density at radius 1 is 1.17 bits per heavy atom. The molecule has 6 heteroatoms. The van der Waals surface area contributed by atoms with Crippen LogP contribution >= 0.6 is 11.6 Å². The van der Waals surface area contributed by atoms with Gasteiger partial charge < -0.3 is 19.9 Å². The first kappa shape index (κ1) is 14.2. The number of aromatic nitrogens is 2. The van der Waals surface area contributed by atoms with Gasteiger partial charge in [-0.15, -0.1) is 0 Å². The first-order valence-corrected chi connectivity index (χ1v) is 7.86. The van der Waals surface area contributed by atoms with Crippen molar-refractivity contribution in [1.82, 2.24) is 9.55 Å². The van der Waals surface area contributed by atoms with Crippen LogP contribution in [0.2, 0.25) is 5.02 Å². The van der Waals surface area contributed by atoms with Crippen LogP contribution in [0, 0.1) is 0 Å². The minimum absolute atomic E-state index is 0.648. The van der Waals surface area contributed by atoms with E-state index in [1.54, 1.807) is 7.11 Å². The molecule has 0 bridgehead atoms. The Balaban J connectivity index is 1.70. The molecule has 4 rings (SSSR count). The van der Waals surface area contributed by atoms with E-state index in [1.165, 1.54) is 0 Å². The maximum Gasteiger partial charge on any atom is 0.143 e. The number of fused-ring (bicyclic) bond motifs is 3. The Labute approximate surface area is 139 Å². The van der Waals surface area contributed by atoms with E-state index in [-0.39, 0.29) is 0 Å². The standard InChI is InChI=1S/C17H17ClN4O/c1-23-16-9-12(3-4-13(16)19)21-6-7-22-15-5-2-11(18)8-14(15)20-17(22)10-21/h2-5,8-9H,6-7,10,19H2,1H3. The molecule has 1 aliphatic rings. The molecule has 3 aromatic rings. The third kappa shape index (κ3) is 2.37. The molecule has 2 aromatic carbocycles. The minimum atomic E-state index is 0.648. The van der Waals surface area contributed by atoms with Crippen LogP contribution in [0.3, 0.4) is 0 Å². The molecule has 0 atom stereocenters. The molecule has 0 amide bonds. The van der Waals surface area contributed by atoms with E-state index < -0.39 is 0 Å². The van der Waals surface area contributed by atoms with Gasteiger partial charge in [0.15, 0.2) is 0 Å². The molecule has 0 fully saturated rings. The summed E-state index contributed by atoms with van der Waals surface area (Å²) in [6, 6.07) is 11.7. The van der Waals surface area contributed by atoms with Gasteiger partial charge in [-0.1, -0.05) is 11.6 Å². The molecule has 23 heavy (non-hydrogen) atoms. The van der Waals surface area contributed by atoms with Crippen LogP contribution in [-0.4, -0.2) is 23.2 Å². The van der Waals surface area contributed by atoms with Crippen molar-refractivity contribution in [2.45, 2.75) is 13.1 Å². The van der Waals surface area contributed by atoms with E-state index in [0.717, 1.165) is 42.2 Å². The molecule has 0 spiro atoms. The molecule has 1 aliphatic heterocycles. The highest BCUT2D eigenvalue weighted by Crippen LogP contribution is 2.30.